The number of aromatic nitrogens is 4. The van der Waals surface area contributed by atoms with Gasteiger partial charge in [-0.1, -0.05) is 0 Å². The van der Waals surface area contributed by atoms with E-state index in [4.69, 9.17) is 4.98 Å². The third-order valence-electron chi connectivity index (χ3n) is 5.00. The summed E-state index contributed by atoms with van der Waals surface area (Å²) in [6, 6.07) is 16.8. The van der Waals surface area contributed by atoms with Crippen LogP contribution in [0.3, 0.4) is 0 Å². The smallest absolute Gasteiger partial charge is 0.0659 e. The zero-order valence-corrected chi connectivity index (χ0v) is 18.1. The standard InChI is InChI=1S/C24H15BrN4S/c25-14-7-24(30-13-14)22-11-21-10-19-4-3-17(27-19)8-15-1-2-16(26-15)9-18-5-6-20(28-18)12-23(22)29-21/h1-13,27,29H. The predicted octanol–water partition coefficient (Wildman–Crippen LogP) is 7.15. The minimum Gasteiger partial charge on any atom is -0.355 e. The minimum atomic E-state index is 0.902. The Hall–Kier alpha value is -3.22. The van der Waals surface area contributed by atoms with Crippen molar-refractivity contribution in [1.29, 1.82) is 0 Å². The van der Waals surface area contributed by atoms with E-state index in [1.54, 1.807) is 11.3 Å². The highest BCUT2D eigenvalue weighted by molar-refractivity contribution is 9.10. The molecule has 2 aliphatic rings. The highest BCUT2D eigenvalue weighted by atomic mass is 79.9. The van der Waals surface area contributed by atoms with Gasteiger partial charge in [0.2, 0.25) is 0 Å². The monoisotopic (exact) mass is 470 g/mol. The molecule has 2 aliphatic heterocycles. The summed E-state index contributed by atoms with van der Waals surface area (Å²) in [5.74, 6) is 0. The minimum absolute atomic E-state index is 0.902. The fourth-order valence-corrected chi connectivity index (χ4v) is 5.14. The van der Waals surface area contributed by atoms with Gasteiger partial charge in [-0.2, -0.15) is 0 Å². The second-order valence-electron chi connectivity index (χ2n) is 7.22. The van der Waals surface area contributed by atoms with E-state index in [2.05, 4.69) is 72.7 Å². The van der Waals surface area contributed by atoms with Crippen LogP contribution in [0.4, 0.5) is 0 Å². The Morgan fingerprint density at radius 1 is 0.667 bits per heavy atom. The van der Waals surface area contributed by atoms with Crippen LogP contribution >= 0.6 is 27.3 Å². The fourth-order valence-electron chi connectivity index (χ4n) is 3.68. The van der Waals surface area contributed by atoms with Crippen molar-refractivity contribution < 1.29 is 0 Å². The number of hydrogen-bond acceptors (Lipinski definition) is 3. The first-order valence-electron chi connectivity index (χ1n) is 9.51. The summed E-state index contributed by atoms with van der Waals surface area (Å²) in [7, 11) is 0. The van der Waals surface area contributed by atoms with Crippen LogP contribution in [0.25, 0.3) is 56.8 Å². The Labute approximate surface area is 184 Å². The fraction of sp³-hybridized carbons (Fsp3) is 0. The summed E-state index contributed by atoms with van der Waals surface area (Å²) >= 11 is 5.29. The largest absolute Gasteiger partial charge is 0.355 e. The number of hydrogen-bond donors (Lipinski definition) is 2. The number of halogens is 1. The average Bonchev–Trinajstić information content (AvgIpc) is 3.51. The van der Waals surface area contributed by atoms with Gasteiger partial charge in [0.15, 0.2) is 0 Å². The number of aromatic amines is 2. The Morgan fingerprint density at radius 2 is 1.33 bits per heavy atom. The van der Waals surface area contributed by atoms with Gasteiger partial charge >= 0.3 is 0 Å². The Balaban J connectivity index is 1.68. The number of nitrogens with zero attached hydrogens (tertiary/aromatic N) is 2. The Morgan fingerprint density at radius 3 is 2.03 bits per heavy atom. The van der Waals surface area contributed by atoms with Crippen molar-refractivity contribution in [2.45, 2.75) is 0 Å². The molecule has 144 valence electrons. The average molecular weight is 471 g/mol. The summed E-state index contributed by atoms with van der Waals surface area (Å²) < 4.78 is 1.09. The maximum absolute atomic E-state index is 4.75. The van der Waals surface area contributed by atoms with Crippen molar-refractivity contribution >= 4 is 73.6 Å². The quantitative estimate of drug-likeness (QED) is 0.268. The van der Waals surface area contributed by atoms with Gasteiger partial charge in [-0.15, -0.1) is 11.3 Å². The Bertz CT molecular complexity index is 1520. The highest BCUT2D eigenvalue weighted by Crippen LogP contribution is 2.34. The highest BCUT2D eigenvalue weighted by Gasteiger charge is 2.08. The van der Waals surface area contributed by atoms with E-state index >= 15 is 0 Å². The van der Waals surface area contributed by atoms with Crippen molar-refractivity contribution in [1.82, 2.24) is 19.9 Å². The van der Waals surface area contributed by atoms with Gasteiger partial charge in [-0.05, 0) is 88.8 Å². The second-order valence-corrected chi connectivity index (χ2v) is 9.04. The van der Waals surface area contributed by atoms with E-state index in [0.717, 1.165) is 54.9 Å². The van der Waals surface area contributed by atoms with E-state index in [9.17, 15) is 0 Å². The van der Waals surface area contributed by atoms with E-state index in [0.29, 0.717) is 0 Å². The van der Waals surface area contributed by atoms with Crippen LogP contribution in [0.2, 0.25) is 0 Å². The van der Waals surface area contributed by atoms with Crippen molar-refractivity contribution in [3.8, 4) is 10.4 Å². The first-order chi connectivity index (χ1) is 14.7. The van der Waals surface area contributed by atoms with Gasteiger partial charge in [0.1, 0.15) is 0 Å². The lowest BCUT2D eigenvalue weighted by molar-refractivity contribution is 1.28. The molecule has 0 unspecified atom stereocenters. The number of H-pyrrole nitrogens is 2. The van der Waals surface area contributed by atoms with Crippen LogP contribution in [-0.2, 0) is 0 Å². The molecule has 0 fully saturated rings. The topological polar surface area (TPSA) is 57.4 Å². The molecule has 6 heteroatoms. The van der Waals surface area contributed by atoms with Gasteiger partial charge < -0.3 is 9.97 Å². The number of rotatable bonds is 1. The maximum Gasteiger partial charge on any atom is 0.0659 e. The van der Waals surface area contributed by atoms with Crippen LogP contribution in [0.15, 0.2) is 58.4 Å². The van der Waals surface area contributed by atoms with E-state index in [1.165, 1.54) is 4.88 Å². The molecule has 0 atom stereocenters. The summed E-state index contributed by atoms with van der Waals surface area (Å²) in [5, 5.41) is 2.10. The molecule has 6 rings (SSSR count). The molecule has 4 aromatic heterocycles. The van der Waals surface area contributed by atoms with E-state index < -0.39 is 0 Å². The second kappa shape index (κ2) is 6.93. The van der Waals surface area contributed by atoms with Crippen molar-refractivity contribution in [3.63, 3.8) is 0 Å². The number of nitrogens with one attached hydrogen (secondary N) is 2. The lowest BCUT2D eigenvalue weighted by Crippen LogP contribution is -1.77. The normalized spacial score (nSPS) is 12.6. The molecular weight excluding hydrogens is 456 g/mol. The summed E-state index contributed by atoms with van der Waals surface area (Å²) in [6.45, 7) is 0. The van der Waals surface area contributed by atoms with Crippen molar-refractivity contribution in [2.24, 2.45) is 0 Å². The predicted molar refractivity (Wildman–Crippen MR) is 130 cm³/mol. The summed E-state index contributed by atoms with van der Waals surface area (Å²) in [4.78, 5) is 17.6. The third kappa shape index (κ3) is 3.34. The number of thiophene rings is 1. The van der Waals surface area contributed by atoms with E-state index in [-0.39, 0.29) is 0 Å². The molecule has 0 aromatic carbocycles. The molecule has 0 radical (unpaired) electrons. The van der Waals surface area contributed by atoms with E-state index in [1.807, 2.05) is 36.4 Å². The molecule has 4 nitrogen and oxygen atoms in total. The van der Waals surface area contributed by atoms with Crippen LogP contribution in [0.5, 0.6) is 0 Å². The Kier molecular flexibility index (Phi) is 4.07. The van der Waals surface area contributed by atoms with Crippen molar-refractivity contribution in [2.75, 3.05) is 0 Å². The van der Waals surface area contributed by atoms with Gasteiger partial charge in [0, 0.05) is 42.4 Å². The SMILES string of the molecule is Brc1csc(-c2cc3cc4ccc(cc5nc(cc6nc(cc2[nH]3)C=C6)C=C5)[nH]4)c1. The van der Waals surface area contributed by atoms with Gasteiger partial charge in [0.05, 0.1) is 22.8 Å². The van der Waals surface area contributed by atoms with Gasteiger partial charge in [-0.25, -0.2) is 9.97 Å². The van der Waals surface area contributed by atoms with Crippen LogP contribution < -0.4 is 0 Å². The molecule has 2 N–H and O–H groups in total. The lowest BCUT2D eigenvalue weighted by Gasteiger charge is -1.92. The van der Waals surface area contributed by atoms with Gasteiger partial charge in [0.25, 0.3) is 0 Å². The number of fused-ring (bicyclic) bond motifs is 8. The zero-order chi connectivity index (χ0) is 20.1. The summed E-state index contributed by atoms with van der Waals surface area (Å²) in [5.41, 5.74) is 8.94. The molecule has 8 bridgehead atoms. The molecule has 0 aliphatic carbocycles. The molecular formula is C24H15BrN4S. The molecule has 0 saturated heterocycles. The van der Waals surface area contributed by atoms with Crippen LogP contribution in [-0.4, -0.2) is 19.9 Å². The van der Waals surface area contributed by atoms with Gasteiger partial charge in [-0.3, -0.25) is 0 Å². The molecule has 0 spiro atoms. The third-order valence-corrected chi connectivity index (χ3v) is 6.73. The molecule has 6 heterocycles. The first kappa shape index (κ1) is 17.6. The molecule has 0 amide bonds. The molecule has 0 saturated carbocycles. The lowest BCUT2D eigenvalue weighted by atomic mass is 10.2. The van der Waals surface area contributed by atoms with Crippen LogP contribution in [0.1, 0.15) is 22.8 Å². The summed E-state index contributed by atoms with van der Waals surface area (Å²) in [6.07, 6.45) is 8.10. The maximum atomic E-state index is 4.75. The van der Waals surface area contributed by atoms with Crippen molar-refractivity contribution in [3.05, 3.63) is 81.2 Å². The molecule has 30 heavy (non-hydrogen) atoms. The molecule has 4 aromatic rings. The first-order valence-corrected chi connectivity index (χ1v) is 11.2. The van der Waals surface area contributed by atoms with Crippen LogP contribution in [0, 0.1) is 0 Å². The zero-order valence-electron chi connectivity index (χ0n) is 15.7.